The van der Waals surface area contributed by atoms with Crippen LogP contribution in [0.3, 0.4) is 0 Å². The number of hydrogen-bond donors (Lipinski definition) is 2. The molecule has 0 saturated carbocycles. The van der Waals surface area contributed by atoms with Gasteiger partial charge in [-0.2, -0.15) is 0 Å². The summed E-state index contributed by atoms with van der Waals surface area (Å²) in [6.07, 6.45) is 0. The molecule has 0 radical (unpaired) electrons. The van der Waals surface area contributed by atoms with Gasteiger partial charge in [-0.05, 0) is 20.8 Å². The molecule has 0 heterocycles. The lowest BCUT2D eigenvalue weighted by molar-refractivity contribution is -0.128. The summed E-state index contributed by atoms with van der Waals surface area (Å²) in [7, 11) is 0. The van der Waals surface area contributed by atoms with E-state index in [2.05, 4.69) is 30.7 Å². The van der Waals surface area contributed by atoms with Gasteiger partial charge in [0.25, 0.3) is 0 Å². The molecule has 0 fully saturated rings. The van der Waals surface area contributed by atoms with E-state index in [9.17, 15) is 4.79 Å². The van der Waals surface area contributed by atoms with Crippen molar-refractivity contribution in [1.29, 1.82) is 0 Å². The minimum atomic E-state index is -0.320. The van der Waals surface area contributed by atoms with Gasteiger partial charge in [-0.3, -0.25) is 14.7 Å². The Bertz CT molecular complexity index is 306. The number of aliphatic imine (C=N–C) groups is 1. The van der Waals surface area contributed by atoms with Crippen molar-refractivity contribution in [3.05, 3.63) is 0 Å². The molecule has 0 rings (SSSR count). The average molecular weight is 256 g/mol. The standard InChI is InChI=1S/C13H28N4O/c1-12(2,3)10(18)9-17(13(4,5)6)8-7-16-11(14)15/h7-9H2,1-6H3,(H4,14,15,16). The fourth-order valence-electron chi connectivity index (χ4n) is 1.36. The molecule has 0 unspecified atom stereocenters. The molecule has 106 valence electrons. The molecule has 0 atom stereocenters. The number of hydrogen-bond acceptors (Lipinski definition) is 3. The highest BCUT2D eigenvalue weighted by atomic mass is 16.1. The lowest BCUT2D eigenvalue weighted by Gasteiger charge is -2.36. The van der Waals surface area contributed by atoms with E-state index in [1.165, 1.54) is 0 Å². The van der Waals surface area contributed by atoms with Gasteiger partial charge in [0.15, 0.2) is 11.7 Å². The Labute approximate surface area is 111 Å². The van der Waals surface area contributed by atoms with Crippen LogP contribution in [0.15, 0.2) is 4.99 Å². The van der Waals surface area contributed by atoms with E-state index in [0.717, 1.165) is 0 Å². The fraction of sp³-hybridized carbons (Fsp3) is 0.846. The first kappa shape index (κ1) is 16.9. The molecule has 0 aliphatic rings. The second kappa shape index (κ2) is 6.18. The summed E-state index contributed by atoms with van der Waals surface area (Å²) >= 11 is 0. The Balaban J connectivity index is 4.62. The molecule has 0 aromatic heterocycles. The molecule has 0 aromatic rings. The van der Waals surface area contributed by atoms with Gasteiger partial charge in [-0.25, -0.2) is 0 Å². The van der Waals surface area contributed by atoms with Crippen molar-refractivity contribution in [1.82, 2.24) is 4.90 Å². The maximum absolute atomic E-state index is 12.1. The monoisotopic (exact) mass is 256 g/mol. The Morgan fingerprint density at radius 1 is 1.11 bits per heavy atom. The van der Waals surface area contributed by atoms with E-state index >= 15 is 0 Å². The number of carbonyl (C=O) groups excluding carboxylic acids is 1. The second-order valence-corrected chi connectivity index (χ2v) is 6.57. The van der Waals surface area contributed by atoms with Crippen LogP contribution in [0.1, 0.15) is 41.5 Å². The topological polar surface area (TPSA) is 84.7 Å². The number of guanidine groups is 1. The molecule has 0 saturated heterocycles. The largest absolute Gasteiger partial charge is 0.370 e. The predicted molar refractivity (Wildman–Crippen MR) is 76.5 cm³/mol. The summed E-state index contributed by atoms with van der Waals surface area (Å²) in [5, 5.41) is 0. The van der Waals surface area contributed by atoms with Crippen molar-refractivity contribution in [2.75, 3.05) is 19.6 Å². The van der Waals surface area contributed by atoms with Crippen LogP contribution < -0.4 is 11.5 Å². The van der Waals surface area contributed by atoms with Gasteiger partial charge in [0.2, 0.25) is 0 Å². The Kier molecular flexibility index (Phi) is 5.80. The first-order chi connectivity index (χ1) is 7.94. The maximum atomic E-state index is 12.1. The van der Waals surface area contributed by atoms with Crippen LogP contribution in [0.4, 0.5) is 0 Å². The summed E-state index contributed by atoms with van der Waals surface area (Å²) in [6.45, 7) is 13.7. The average Bonchev–Trinajstić information content (AvgIpc) is 2.12. The van der Waals surface area contributed by atoms with Crippen LogP contribution in [0.5, 0.6) is 0 Å². The third-order valence-electron chi connectivity index (χ3n) is 2.78. The van der Waals surface area contributed by atoms with Gasteiger partial charge < -0.3 is 11.5 Å². The van der Waals surface area contributed by atoms with E-state index in [1.807, 2.05) is 20.8 Å². The van der Waals surface area contributed by atoms with E-state index in [-0.39, 0.29) is 22.7 Å². The Morgan fingerprint density at radius 3 is 1.94 bits per heavy atom. The SMILES string of the molecule is CC(C)(C)C(=O)CN(CCN=C(N)N)C(C)(C)C. The fourth-order valence-corrected chi connectivity index (χ4v) is 1.36. The van der Waals surface area contributed by atoms with E-state index in [4.69, 9.17) is 11.5 Å². The van der Waals surface area contributed by atoms with Crippen molar-refractivity contribution in [2.45, 2.75) is 47.1 Å². The van der Waals surface area contributed by atoms with Crippen molar-refractivity contribution in [3.8, 4) is 0 Å². The molecule has 0 aliphatic carbocycles. The van der Waals surface area contributed by atoms with Crippen molar-refractivity contribution < 1.29 is 4.79 Å². The minimum absolute atomic E-state index is 0.0835. The van der Waals surface area contributed by atoms with Gasteiger partial charge in [0, 0.05) is 17.5 Å². The third-order valence-corrected chi connectivity index (χ3v) is 2.78. The van der Waals surface area contributed by atoms with Gasteiger partial charge in [0.05, 0.1) is 13.1 Å². The molecule has 0 aliphatic heterocycles. The molecular weight excluding hydrogens is 228 g/mol. The number of carbonyl (C=O) groups is 1. The smallest absolute Gasteiger partial charge is 0.185 e. The van der Waals surface area contributed by atoms with Crippen LogP contribution >= 0.6 is 0 Å². The first-order valence-electron chi connectivity index (χ1n) is 6.28. The van der Waals surface area contributed by atoms with Gasteiger partial charge >= 0.3 is 0 Å². The quantitative estimate of drug-likeness (QED) is 0.567. The van der Waals surface area contributed by atoms with Crippen molar-refractivity contribution >= 4 is 11.7 Å². The van der Waals surface area contributed by atoms with Crippen LogP contribution in [-0.4, -0.2) is 41.8 Å². The third kappa shape index (κ3) is 6.59. The lowest BCUT2D eigenvalue weighted by Crippen LogP contribution is -2.47. The highest BCUT2D eigenvalue weighted by Gasteiger charge is 2.28. The number of nitrogens with zero attached hydrogens (tertiary/aromatic N) is 2. The molecule has 0 spiro atoms. The maximum Gasteiger partial charge on any atom is 0.185 e. The van der Waals surface area contributed by atoms with Crippen LogP contribution in [0, 0.1) is 5.41 Å². The summed E-state index contributed by atoms with van der Waals surface area (Å²) < 4.78 is 0. The summed E-state index contributed by atoms with van der Waals surface area (Å²) in [5.74, 6) is 0.313. The van der Waals surface area contributed by atoms with E-state index in [1.54, 1.807) is 0 Å². The Hall–Kier alpha value is -1.10. The van der Waals surface area contributed by atoms with Gasteiger partial charge in [-0.1, -0.05) is 20.8 Å². The van der Waals surface area contributed by atoms with Crippen molar-refractivity contribution in [3.63, 3.8) is 0 Å². The number of nitrogens with two attached hydrogens (primary N) is 2. The molecule has 0 bridgehead atoms. The second-order valence-electron chi connectivity index (χ2n) is 6.57. The Morgan fingerprint density at radius 2 is 1.61 bits per heavy atom. The zero-order valence-corrected chi connectivity index (χ0v) is 12.6. The van der Waals surface area contributed by atoms with Crippen LogP contribution in [0.2, 0.25) is 0 Å². The van der Waals surface area contributed by atoms with Crippen LogP contribution in [-0.2, 0) is 4.79 Å². The highest BCUT2D eigenvalue weighted by Crippen LogP contribution is 2.19. The molecular formula is C13H28N4O. The zero-order chi connectivity index (χ0) is 14.6. The summed E-state index contributed by atoms with van der Waals surface area (Å²) in [5.41, 5.74) is 10.2. The zero-order valence-electron chi connectivity index (χ0n) is 12.6. The van der Waals surface area contributed by atoms with Crippen LogP contribution in [0.25, 0.3) is 0 Å². The lowest BCUT2D eigenvalue weighted by atomic mass is 9.89. The van der Waals surface area contributed by atoms with E-state index < -0.39 is 0 Å². The van der Waals surface area contributed by atoms with E-state index in [0.29, 0.717) is 19.6 Å². The van der Waals surface area contributed by atoms with Crippen molar-refractivity contribution in [2.24, 2.45) is 21.9 Å². The highest BCUT2D eigenvalue weighted by molar-refractivity contribution is 5.85. The number of rotatable bonds is 5. The summed E-state index contributed by atoms with van der Waals surface area (Å²) in [4.78, 5) is 18.2. The first-order valence-corrected chi connectivity index (χ1v) is 6.28. The molecule has 5 nitrogen and oxygen atoms in total. The van der Waals surface area contributed by atoms with Gasteiger partial charge in [-0.15, -0.1) is 0 Å². The molecule has 18 heavy (non-hydrogen) atoms. The molecule has 4 N–H and O–H groups in total. The predicted octanol–water partition coefficient (Wildman–Crippen LogP) is 0.976. The number of ketones is 1. The molecule has 0 aromatic carbocycles. The van der Waals surface area contributed by atoms with Gasteiger partial charge in [0.1, 0.15) is 0 Å². The number of Topliss-reactive ketones (excluding diaryl/α,β-unsaturated/α-hetero) is 1. The summed E-state index contributed by atoms with van der Waals surface area (Å²) in [6, 6.07) is 0. The molecule has 0 amide bonds. The minimum Gasteiger partial charge on any atom is -0.370 e. The normalized spacial score (nSPS) is 12.6. The molecule has 5 heteroatoms.